The Morgan fingerprint density at radius 3 is 2.76 bits per heavy atom. The van der Waals surface area contributed by atoms with Gasteiger partial charge in [-0.05, 0) is 12.8 Å². The number of alkyl halides is 1. The molecule has 0 spiro atoms. The second-order valence-corrected chi connectivity index (χ2v) is 4.20. The Hall–Kier alpha value is -1.33. The van der Waals surface area contributed by atoms with Crippen LogP contribution in [0.5, 0.6) is 0 Å². The number of hydrogen-bond donors (Lipinski definition) is 2. The summed E-state index contributed by atoms with van der Waals surface area (Å²) in [4.78, 5) is 14.6. The molecule has 5 nitrogen and oxygen atoms in total. The second kappa shape index (κ2) is 7.09. The number of carbonyl (C=O) groups excluding carboxylic acids is 1. The van der Waals surface area contributed by atoms with Crippen molar-refractivity contribution >= 4 is 11.9 Å². The number of aliphatic imine (C=N–C) groups is 1. The highest BCUT2D eigenvalue weighted by Crippen LogP contribution is 2.16. The molecule has 0 radical (unpaired) electrons. The van der Waals surface area contributed by atoms with Crippen LogP contribution in [-0.4, -0.2) is 37.8 Å². The van der Waals surface area contributed by atoms with Crippen molar-refractivity contribution < 1.29 is 13.9 Å². The lowest BCUT2D eigenvalue weighted by molar-refractivity contribution is -0.146. The smallest absolute Gasteiger partial charge is 0.342 e. The van der Waals surface area contributed by atoms with Gasteiger partial charge in [0.2, 0.25) is 6.17 Å². The van der Waals surface area contributed by atoms with Crippen LogP contribution in [0.25, 0.3) is 0 Å². The average molecular weight is 245 g/mol. The molecular formula is C11H20FN3O2. The fourth-order valence-corrected chi connectivity index (χ4v) is 1.88. The van der Waals surface area contributed by atoms with E-state index in [0.29, 0.717) is 6.04 Å². The number of halogens is 1. The molecular weight excluding hydrogens is 225 g/mol. The van der Waals surface area contributed by atoms with Crippen LogP contribution in [0.15, 0.2) is 4.99 Å². The zero-order valence-corrected chi connectivity index (χ0v) is 10.1. The Bertz CT molecular complexity index is 278. The number of guanidine groups is 1. The van der Waals surface area contributed by atoms with Crippen molar-refractivity contribution in [2.24, 2.45) is 10.7 Å². The Labute approximate surface area is 101 Å². The molecule has 0 aliphatic heterocycles. The largest absolute Gasteiger partial charge is 0.467 e. The number of nitrogens with two attached hydrogens (primary N) is 1. The quantitative estimate of drug-likeness (QED) is 0.435. The van der Waals surface area contributed by atoms with Crippen LogP contribution in [0.1, 0.15) is 32.1 Å². The van der Waals surface area contributed by atoms with E-state index in [2.05, 4.69) is 15.0 Å². The van der Waals surface area contributed by atoms with Gasteiger partial charge >= 0.3 is 5.97 Å². The first-order chi connectivity index (χ1) is 8.13. The molecule has 0 amide bonds. The summed E-state index contributed by atoms with van der Waals surface area (Å²) in [6, 6.07) is 0.323. The molecule has 3 N–H and O–H groups in total. The molecule has 1 fully saturated rings. The predicted molar refractivity (Wildman–Crippen MR) is 63.4 cm³/mol. The molecule has 98 valence electrons. The molecule has 0 aromatic rings. The highest BCUT2D eigenvalue weighted by Gasteiger charge is 2.18. The summed E-state index contributed by atoms with van der Waals surface area (Å²) < 4.78 is 17.3. The SMILES string of the molecule is COC(=O)C(F)CN=C(N)NC1CCCCC1. The van der Waals surface area contributed by atoms with E-state index in [1.165, 1.54) is 19.3 Å². The maximum absolute atomic E-state index is 13.1. The van der Waals surface area contributed by atoms with E-state index in [0.717, 1.165) is 20.0 Å². The van der Waals surface area contributed by atoms with Crippen molar-refractivity contribution in [1.29, 1.82) is 0 Å². The minimum absolute atomic E-state index is 0.198. The Morgan fingerprint density at radius 1 is 1.53 bits per heavy atom. The molecule has 1 unspecified atom stereocenters. The first kappa shape index (κ1) is 13.7. The monoisotopic (exact) mass is 245 g/mol. The molecule has 1 aliphatic carbocycles. The van der Waals surface area contributed by atoms with Crippen LogP contribution in [0.3, 0.4) is 0 Å². The molecule has 1 aliphatic rings. The first-order valence-corrected chi connectivity index (χ1v) is 5.92. The Morgan fingerprint density at radius 2 is 2.18 bits per heavy atom. The third-order valence-electron chi connectivity index (χ3n) is 2.84. The summed E-state index contributed by atoms with van der Waals surface area (Å²) in [5.41, 5.74) is 5.61. The molecule has 0 saturated heterocycles. The van der Waals surface area contributed by atoms with E-state index in [-0.39, 0.29) is 12.5 Å². The van der Waals surface area contributed by atoms with E-state index in [4.69, 9.17) is 5.73 Å². The van der Waals surface area contributed by atoms with Gasteiger partial charge in [0.25, 0.3) is 0 Å². The van der Waals surface area contributed by atoms with Gasteiger partial charge in [0, 0.05) is 6.04 Å². The highest BCUT2D eigenvalue weighted by molar-refractivity contribution is 5.79. The van der Waals surface area contributed by atoms with Crippen LogP contribution in [0.4, 0.5) is 4.39 Å². The minimum atomic E-state index is -1.74. The zero-order chi connectivity index (χ0) is 12.7. The molecule has 1 rings (SSSR count). The fourth-order valence-electron chi connectivity index (χ4n) is 1.88. The molecule has 0 heterocycles. The lowest BCUT2D eigenvalue weighted by atomic mass is 9.96. The van der Waals surface area contributed by atoms with Gasteiger partial charge in [0.05, 0.1) is 13.7 Å². The van der Waals surface area contributed by atoms with Gasteiger partial charge < -0.3 is 15.8 Å². The lowest BCUT2D eigenvalue weighted by Gasteiger charge is -2.23. The van der Waals surface area contributed by atoms with E-state index in [1.54, 1.807) is 0 Å². The summed E-state index contributed by atoms with van der Waals surface area (Å²) in [5.74, 6) is -0.720. The number of methoxy groups -OCH3 is 1. The number of nitrogens with one attached hydrogen (secondary N) is 1. The standard InChI is InChI=1S/C11H20FN3O2/c1-17-10(16)9(12)7-14-11(13)15-8-5-3-2-4-6-8/h8-9H,2-7H2,1H3,(H3,13,14,15). The van der Waals surface area contributed by atoms with Crippen molar-refractivity contribution in [3.05, 3.63) is 0 Å². The van der Waals surface area contributed by atoms with E-state index >= 15 is 0 Å². The van der Waals surface area contributed by atoms with Gasteiger partial charge in [-0.2, -0.15) is 0 Å². The van der Waals surface area contributed by atoms with Gasteiger partial charge in [-0.1, -0.05) is 19.3 Å². The van der Waals surface area contributed by atoms with Gasteiger partial charge in [0.15, 0.2) is 5.96 Å². The lowest BCUT2D eigenvalue weighted by Crippen LogP contribution is -2.41. The highest BCUT2D eigenvalue weighted by atomic mass is 19.1. The molecule has 0 aromatic heterocycles. The van der Waals surface area contributed by atoms with E-state index in [9.17, 15) is 9.18 Å². The number of esters is 1. The van der Waals surface area contributed by atoms with Crippen LogP contribution in [0.2, 0.25) is 0 Å². The zero-order valence-electron chi connectivity index (χ0n) is 10.1. The van der Waals surface area contributed by atoms with Gasteiger partial charge in [-0.3, -0.25) is 0 Å². The molecule has 0 aromatic carbocycles. The molecule has 1 saturated carbocycles. The van der Waals surface area contributed by atoms with Gasteiger partial charge in [-0.15, -0.1) is 0 Å². The number of nitrogens with zero attached hydrogens (tertiary/aromatic N) is 1. The number of carbonyl (C=O) groups is 1. The van der Waals surface area contributed by atoms with Crippen molar-refractivity contribution in [2.75, 3.05) is 13.7 Å². The van der Waals surface area contributed by atoms with Crippen LogP contribution in [0, 0.1) is 0 Å². The Balaban J connectivity index is 2.30. The number of hydrogen-bond acceptors (Lipinski definition) is 3. The van der Waals surface area contributed by atoms with Crippen LogP contribution >= 0.6 is 0 Å². The summed E-state index contributed by atoms with van der Waals surface area (Å²) in [7, 11) is 1.14. The van der Waals surface area contributed by atoms with Crippen LogP contribution < -0.4 is 11.1 Å². The van der Waals surface area contributed by atoms with E-state index in [1.807, 2.05) is 0 Å². The molecule has 1 atom stereocenters. The van der Waals surface area contributed by atoms with Crippen molar-refractivity contribution in [1.82, 2.24) is 5.32 Å². The maximum Gasteiger partial charge on any atom is 0.342 e. The molecule has 6 heteroatoms. The summed E-state index contributed by atoms with van der Waals surface area (Å²) in [5, 5.41) is 3.04. The number of rotatable bonds is 4. The van der Waals surface area contributed by atoms with Gasteiger partial charge in [0.1, 0.15) is 0 Å². The number of ether oxygens (including phenoxy) is 1. The summed E-state index contributed by atoms with van der Waals surface area (Å²) in [6.07, 6.45) is 3.99. The van der Waals surface area contributed by atoms with Crippen molar-refractivity contribution in [3.63, 3.8) is 0 Å². The first-order valence-electron chi connectivity index (χ1n) is 5.92. The van der Waals surface area contributed by atoms with Crippen molar-refractivity contribution in [3.8, 4) is 0 Å². The maximum atomic E-state index is 13.1. The molecule has 0 bridgehead atoms. The summed E-state index contributed by atoms with van der Waals surface area (Å²) in [6.45, 7) is -0.293. The van der Waals surface area contributed by atoms with Gasteiger partial charge in [-0.25, -0.2) is 14.2 Å². The Kier molecular flexibility index (Phi) is 5.72. The van der Waals surface area contributed by atoms with Crippen molar-refractivity contribution in [2.45, 2.75) is 44.3 Å². The third-order valence-corrected chi connectivity index (χ3v) is 2.84. The average Bonchev–Trinajstić information content (AvgIpc) is 2.36. The summed E-state index contributed by atoms with van der Waals surface area (Å²) >= 11 is 0. The minimum Gasteiger partial charge on any atom is -0.467 e. The third kappa shape index (κ3) is 5.01. The molecule has 17 heavy (non-hydrogen) atoms. The fraction of sp³-hybridized carbons (Fsp3) is 0.818. The normalized spacial score (nSPS) is 19.8. The van der Waals surface area contributed by atoms with E-state index < -0.39 is 12.1 Å². The predicted octanol–water partition coefficient (Wildman–Crippen LogP) is 0.734. The van der Waals surface area contributed by atoms with Crippen LogP contribution in [-0.2, 0) is 9.53 Å². The second-order valence-electron chi connectivity index (χ2n) is 4.20. The topological polar surface area (TPSA) is 76.7 Å².